The number of ether oxygens (including phenoxy) is 2. The average molecular weight is 287 g/mol. The van der Waals surface area contributed by atoms with Crippen molar-refractivity contribution in [2.24, 2.45) is 0 Å². The molecule has 0 saturated carbocycles. The van der Waals surface area contributed by atoms with Gasteiger partial charge < -0.3 is 14.8 Å². The van der Waals surface area contributed by atoms with Gasteiger partial charge in [0.05, 0.1) is 13.2 Å². The lowest BCUT2D eigenvalue weighted by atomic mass is 10.1. The number of fused-ring (bicyclic) bond motifs is 1. The summed E-state index contributed by atoms with van der Waals surface area (Å²) in [6, 6.07) is 11.0. The molecule has 4 heteroatoms. The van der Waals surface area contributed by atoms with Crippen LogP contribution in [0.4, 0.5) is 10.1 Å². The molecule has 1 N–H and O–H groups in total. The van der Waals surface area contributed by atoms with Gasteiger partial charge in [-0.15, -0.1) is 0 Å². The van der Waals surface area contributed by atoms with Crippen LogP contribution in [0, 0.1) is 12.7 Å². The first-order chi connectivity index (χ1) is 10.2. The molecular formula is C17H18FNO2. The minimum absolute atomic E-state index is 0.184. The first kappa shape index (κ1) is 13.7. The number of aryl methyl sites for hydroxylation is 1. The molecular weight excluding hydrogens is 269 g/mol. The van der Waals surface area contributed by atoms with E-state index in [1.54, 1.807) is 19.1 Å². The second kappa shape index (κ2) is 6.04. The van der Waals surface area contributed by atoms with Gasteiger partial charge in [0.25, 0.3) is 0 Å². The maximum atomic E-state index is 13.2. The molecule has 0 aliphatic carbocycles. The Morgan fingerprint density at radius 2 is 1.86 bits per heavy atom. The SMILES string of the molecule is Cc1cc(NCc2ccc3c(c2)OCCCO3)ccc1F. The van der Waals surface area contributed by atoms with E-state index in [0.29, 0.717) is 25.3 Å². The third-order valence-corrected chi connectivity index (χ3v) is 3.47. The van der Waals surface area contributed by atoms with Crippen molar-refractivity contribution in [3.63, 3.8) is 0 Å². The Bertz CT molecular complexity index is 643. The van der Waals surface area contributed by atoms with Crippen LogP contribution in [0.5, 0.6) is 11.5 Å². The zero-order chi connectivity index (χ0) is 14.7. The molecule has 1 aliphatic heterocycles. The molecule has 0 radical (unpaired) electrons. The van der Waals surface area contributed by atoms with Crippen molar-refractivity contribution in [1.82, 2.24) is 0 Å². The highest BCUT2D eigenvalue weighted by Crippen LogP contribution is 2.30. The molecule has 0 atom stereocenters. The van der Waals surface area contributed by atoms with Gasteiger partial charge in [-0.25, -0.2) is 4.39 Å². The van der Waals surface area contributed by atoms with Crippen LogP contribution < -0.4 is 14.8 Å². The van der Waals surface area contributed by atoms with Crippen molar-refractivity contribution in [1.29, 1.82) is 0 Å². The van der Waals surface area contributed by atoms with Gasteiger partial charge >= 0.3 is 0 Å². The van der Waals surface area contributed by atoms with E-state index in [4.69, 9.17) is 9.47 Å². The van der Waals surface area contributed by atoms with Crippen LogP contribution in [-0.4, -0.2) is 13.2 Å². The van der Waals surface area contributed by atoms with E-state index < -0.39 is 0 Å². The van der Waals surface area contributed by atoms with Crippen molar-refractivity contribution >= 4 is 5.69 Å². The Kier molecular flexibility index (Phi) is 3.95. The normalized spacial score (nSPS) is 13.6. The van der Waals surface area contributed by atoms with Crippen LogP contribution in [0.1, 0.15) is 17.5 Å². The number of rotatable bonds is 3. The minimum Gasteiger partial charge on any atom is -0.490 e. The van der Waals surface area contributed by atoms with Gasteiger partial charge in [-0.05, 0) is 48.4 Å². The molecule has 0 bridgehead atoms. The molecule has 110 valence electrons. The van der Waals surface area contributed by atoms with Crippen molar-refractivity contribution < 1.29 is 13.9 Å². The second-order valence-electron chi connectivity index (χ2n) is 5.15. The van der Waals surface area contributed by atoms with Gasteiger partial charge in [0.15, 0.2) is 11.5 Å². The van der Waals surface area contributed by atoms with E-state index in [0.717, 1.165) is 29.2 Å². The number of anilines is 1. The van der Waals surface area contributed by atoms with E-state index >= 15 is 0 Å². The zero-order valence-electron chi connectivity index (χ0n) is 12.0. The van der Waals surface area contributed by atoms with Gasteiger partial charge in [0, 0.05) is 18.7 Å². The summed E-state index contributed by atoms with van der Waals surface area (Å²) in [4.78, 5) is 0. The fourth-order valence-corrected chi connectivity index (χ4v) is 2.28. The lowest BCUT2D eigenvalue weighted by Gasteiger charge is -2.11. The third kappa shape index (κ3) is 3.27. The molecule has 0 fully saturated rings. The van der Waals surface area contributed by atoms with Gasteiger partial charge in [-0.3, -0.25) is 0 Å². The van der Waals surface area contributed by atoms with Crippen LogP contribution in [0.2, 0.25) is 0 Å². The van der Waals surface area contributed by atoms with Crippen molar-refractivity contribution in [2.45, 2.75) is 19.9 Å². The average Bonchev–Trinajstić information content (AvgIpc) is 2.73. The maximum Gasteiger partial charge on any atom is 0.161 e. The van der Waals surface area contributed by atoms with Crippen LogP contribution in [0.25, 0.3) is 0 Å². The molecule has 0 saturated heterocycles. The highest BCUT2D eigenvalue weighted by Gasteiger charge is 2.10. The Morgan fingerprint density at radius 3 is 2.67 bits per heavy atom. The largest absolute Gasteiger partial charge is 0.490 e. The van der Waals surface area contributed by atoms with Gasteiger partial charge in [0.1, 0.15) is 5.82 Å². The summed E-state index contributed by atoms with van der Waals surface area (Å²) < 4.78 is 24.5. The number of nitrogens with one attached hydrogen (secondary N) is 1. The van der Waals surface area contributed by atoms with Crippen LogP contribution in [-0.2, 0) is 6.54 Å². The van der Waals surface area contributed by atoms with Gasteiger partial charge in [-0.2, -0.15) is 0 Å². The molecule has 1 aliphatic rings. The summed E-state index contributed by atoms with van der Waals surface area (Å²) in [6.45, 7) is 3.79. The number of hydrogen-bond acceptors (Lipinski definition) is 3. The smallest absolute Gasteiger partial charge is 0.161 e. The van der Waals surface area contributed by atoms with Crippen LogP contribution >= 0.6 is 0 Å². The Morgan fingerprint density at radius 1 is 1.05 bits per heavy atom. The summed E-state index contributed by atoms with van der Waals surface area (Å²) in [5, 5.41) is 3.29. The fourth-order valence-electron chi connectivity index (χ4n) is 2.28. The molecule has 0 unspecified atom stereocenters. The molecule has 2 aromatic rings. The zero-order valence-corrected chi connectivity index (χ0v) is 12.0. The molecule has 21 heavy (non-hydrogen) atoms. The highest BCUT2D eigenvalue weighted by atomic mass is 19.1. The first-order valence-corrected chi connectivity index (χ1v) is 7.11. The fraction of sp³-hybridized carbons (Fsp3) is 0.294. The quantitative estimate of drug-likeness (QED) is 0.928. The minimum atomic E-state index is -0.184. The van der Waals surface area contributed by atoms with Crippen LogP contribution in [0.15, 0.2) is 36.4 Å². The predicted octanol–water partition coefficient (Wildman–Crippen LogP) is 3.91. The van der Waals surface area contributed by atoms with Gasteiger partial charge in [0.2, 0.25) is 0 Å². The van der Waals surface area contributed by atoms with E-state index in [2.05, 4.69) is 5.32 Å². The lowest BCUT2D eigenvalue weighted by molar-refractivity contribution is 0.297. The first-order valence-electron chi connectivity index (χ1n) is 7.11. The number of halogens is 1. The molecule has 3 rings (SSSR count). The van der Waals surface area contributed by atoms with E-state index in [1.807, 2.05) is 18.2 Å². The molecule has 1 heterocycles. The van der Waals surface area contributed by atoms with Crippen LogP contribution in [0.3, 0.4) is 0 Å². The summed E-state index contributed by atoms with van der Waals surface area (Å²) in [5.74, 6) is 1.41. The number of hydrogen-bond donors (Lipinski definition) is 1. The summed E-state index contributed by atoms with van der Waals surface area (Å²) >= 11 is 0. The molecule has 0 amide bonds. The van der Waals surface area contributed by atoms with Gasteiger partial charge in [-0.1, -0.05) is 6.07 Å². The number of benzene rings is 2. The summed E-state index contributed by atoms with van der Waals surface area (Å²) in [6.07, 6.45) is 0.900. The van der Waals surface area contributed by atoms with Crippen molar-refractivity contribution in [2.75, 3.05) is 18.5 Å². The second-order valence-corrected chi connectivity index (χ2v) is 5.15. The molecule has 0 spiro atoms. The van der Waals surface area contributed by atoms with E-state index in [-0.39, 0.29) is 5.82 Å². The summed E-state index contributed by atoms with van der Waals surface area (Å²) in [5.41, 5.74) is 2.64. The Balaban J connectivity index is 1.70. The summed E-state index contributed by atoms with van der Waals surface area (Å²) in [7, 11) is 0. The Labute approximate surface area is 123 Å². The van der Waals surface area contributed by atoms with Crippen molar-refractivity contribution in [3.8, 4) is 11.5 Å². The Hall–Kier alpha value is -2.23. The lowest BCUT2D eigenvalue weighted by Crippen LogP contribution is -2.01. The highest BCUT2D eigenvalue weighted by molar-refractivity contribution is 5.48. The third-order valence-electron chi connectivity index (χ3n) is 3.47. The monoisotopic (exact) mass is 287 g/mol. The van der Waals surface area contributed by atoms with Crippen molar-refractivity contribution in [3.05, 3.63) is 53.3 Å². The topological polar surface area (TPSA) is 30.5 Å². The predicted molar refractivity (Wildman–Crippen MR) is 80.5 cm³/mol. The van der Waals surface area contributed by atoms with E-state index in [9.17, 15) is 4.39 Å². The molecule has 3 nitrogen and oxygen atoms in total. The molecule has 0 aromatic heterocycles. The maximum absolute atomic E-state index is 13.2. The standard InChI is InChI=1S/C17H18FNO2/c1-12-9-14(4-5-15(12)18)19-11-13-3-6-16-17(10-13)21-8-2-7-20-16/h3-6,9-10,19H,2,7-8,11H2,1H3. The van der Waals surface area contributed by atoms with E-state index in [1.165, 1.54) is 6.07 Å². The molecule has 2 aromatic carbocycles.